The summed E-state index contributed by atoms with van der Waals surface area (Å²) in [6.45, 7) is 2.51. The average Bonchev–Trinajstić information content (AvgIpc) is 2.40. The average molecular weight is 265 g/mol. The highest BCUT2D eigenvalue weighted by molar-refractivity contribution is 5.94. The maximum atomic E-state index is 13.8. The Bertz CT molecular complexity index is 455. The Morgan fingerprint density at radius 2 is 2.05 bits per heavy atom. The Morgan fingerprint density at radius 1 is 1.37 bits per heavy atom. The molecule has 104 valence electrons. The Balaban J connectivity index is 2.19. The van der Waals surface area contributed by atoms with Gasteiger partial charge in [-0.05, 0) is 31.9 Å². The molecule has 1 amide bonds. The third-order valence-electron chi connectivity index (χ3n) is 3.80. The van der Waals surface area contributed by atoms with Crippen molar-refractivity contribution in [2.75, 3.05) is 6.54 Å². The molecule has 2 rings (SSSR count). The summed E-state index contributed by atoms with van der Waals surface area (Å²) in [4.78, 5) is 14.2. The van der Waals surface area contributed by atoms with E-state index in [0.29, 0.717) is 6.54 Å². The van der Waals surface area contributed by atoms with Crippen LogP contribution in [0.15, 0.2) is 18.2 Å². The van der Waals surface area contributed by atoms with Crippen LogP contribution in [0.1, 0.15) is 49.4 Å². The minimum Gasteiger partial charge on any atom is -0.508 e. The monoisotopic (exact) mass is 265 g/mol. The molecule has 1 aliphatic carbocycles. The number of halogens is 1. The van der Waals surface area contributed by atoms with Crippen LogP contribution < -0.4 is 0 Å². The van der Waals surface area contributed by atoms with Crippen molar-refractivity contribution in [3.8, 4) is 5.75 Å². The van der Waals surface area contributed by atoms with E-state index in [1.165, 1.54) is 18.6 Å². The fourth-order valence-corrected chi connectivity index (χ4v) is 2.79. The van der Waals surface area contributed by atoms with Crippen molar-refractivity contribution < 1.29 is 14.3 Å². The van der Waals surface area contributed by atoms with Crippen molar-refractivity contribution in [1.82, 2.24) is 4.90 Å². The quantitative estimate of drug-likeness (QED) is 0.910. The van der Waals surface area contributed by atoms with Crippen LogP contribution >= 0.6 is 0 Å². The fraction of sp³-hybridized carbons (Fsp3) is 0.533. The molecule has 0 aromatic heterocycles. The van der Waals surface area contributed by atoms with Crippen LogP contribution in [-0.4, -0.2) is 28.5 Å². The topological polar surface area (TPSA) is 40.5 Å². The van der Waals surface area contributed by atoms with E-state index in [-0.39, 0.29) is 23.3 Å². The predicted molar refractivity (Wildman–Crippen MR) is 71.6 cm³/mol. The van der Waals surface area contributed by atoms with Crippen molar-refractivity contribution in [1.29, 1.82) is 0 Å². The molecule has 0 saturated heterocycles. The van der Waals surface area contributed by atoms with Gasteiger partial charge in [-0.3, -0.25) is 4.79 Å². The van der Waals surface area contributed by atoms with Crippen molar-refractivity contribution in [3.63, 3.8) is 0 Å². The van der Waals surface area contributed by atoms with Gasteiger partial charge < -0.3 is 10.0 Å². The van der Waals surface area contributed by atoms with Gasteiger partial charge in [-0.2, -0.15) is 0 Å². The third-order valence-corrected chi connectivity index (χ3v) is 3.80. The number of amides is 1. The van der Waals surface area contributed by atoms with Crippen molar-refractivity contribution >= 4 is 5.91 Å². The molecule has 1 fully saturated rings. The normalized spacial score (nSPS) is 16.3. The van der Waals surface area contributed by atoms with Crippen LogP contribution in [0.3, 0.4) is 0 Å². The van der Waals surface area contributed by atoms with Crippen molar-refractivity contribution in [3.05, 3.63) is 29.6 Å². The highest BCUT2D eigenvalue weighted by atomic mass is 19.1. The molecule has 3 nitrogen and oxygen atoms in total. The molecular weight excluding hydrogens is 245 g/mol. The summed E-state index contributed by atoms with van der Waals surface area (Å²) < 4.78 is 13.8. The number of nitrogens with zero attached hydrogens (tertiary/aromatic N) is 1. The van der Waals surface area contributed by atoms with Gasteiger partial charge in [-0.1, -0.05) is 19.3 Å². The van der Waals surface area contributed by atoms with Gasteiger partial charge in [0.05, 0.1) is 5.56 Å². The summed E-state index contributed by atoms with van der Waals surface area (Å²) in [5.41, 5.74) is 0.0465. The van der Waals surface area contributed by atoms with Gasteiger partial charge in [0.2, 0.25) is 0 Å². The lowest BCUT2D eigenvalue weighted by atomic mass is 9.93. The summed E-state index contributed by atoms with van der Waals surface area (Å²) in [5.74, 6) is -1.08. The Morgan fingerprint density at radius 3 is 2.63 bits per heavy atom. The maximum absolute atomic E-state index is 13.8. The van der Waals surface area contributed by atoms with E-state index in [1.807, 2.05) is 6.92 Å². The minimum absolute atomic E-state index is 0.0465. The van der Waals surface area contributed by atoms with Crippen molar-refractivity contribution in [2.24, 2.45) is 0 Å². The zero-order valence-corrected chi connectivity index (χ0v) is 11.2. The lowest BCUT2D eigenvalue weighted by Gasteiger charge is -2.33. The Kier molecular flexibility index (Phi) is 4.40. The Hall–Kier alpha value is -1.58. The standard InChI is InChI=1S/C15H20FNO2/c1-2-17(11-6-4-3-5-7-11)15(19)13-9-8-12(18)10-14(13)16/h8-11,18H,2-7H2,1H3. The van der Waals surface area contributed by atoms with E-state index in [0.717, 1.165) is 31.7 Å². The molecule has 0 atom stereocenters. The molecule has 1 aromatic carbocycles. The first-order chi connectivity index (χ1) is 9.13. The van der Waals surface area contributed by atoms with E-state index >= 15 is 0 Å². The molecule has 0 bridgehead atoms. The molecule has 19 heavy (non-hydrogen) atoms. The second-order valence-corrected chi connectivity index (χ2v) is 5.05. The van der Waals surface area contributed by atoms with Gasteiger partial charge >= 0.3 is 0 Å². The van der Waals surface area contributed by atoms with E-state index in [2.05, 4.69) is 0 Å². The number of phenolic OH excluding ortho intramolecular Hbond substituents is 1. The molecule has 1 saturated carbocycles. The molecule has 0 unspecified atom stereocenters. The minimum atomic E-state index is -0.653. The summed E-state index contributed by atoms with van der Waals surface area (Å²) in [7, 11) is 0. The van der Waals surface area contributed by atoms with Crippen LogP contribution in [-0.2, 0) is 0 Å². The molecule has 0 radical (unpaired) electrons. The molecule has 4 heteroatoms. The smallest absolute Gasteiger partial charge is 0.257 e. The largest absolute Gasteiger partial charge is 0.508 e. The van der Waals surface area contributed by atoms with E-state index in [4.69, 9.17) is 0 Å². The van der Waals surface area contributed by atoms with Gasteiger partial charge in [0.15, 0.2) is 0 Å². The molecule has 1 N–H and O–H groups in total. The van der Waals surface area contributed by atoms with Crippen LogP contribution in [0.25, 0.3) is 0 Å². The second kappa shape index (κ2) is 6.04. The van der Waals surface area contributed by atoms with Gasteiger partial charge in [0, 0.05) is 18.7 Å². The zero-order chi connectivity index (χ0) is 13.8. The zero-order valence-electron chi connectivity index (χ0n) is 11.2. The number of aromatic hydroxyl groups is 1. The molecule has 0 spiro atoms. The van der Waals surface area contributed by atoms with Crippen LogP contribution in [0.4, 0.5) is 4.39 Å². The molecular formula is C15H20FNO2. The van der Waals surface area contributed by atoms with Crippen LogP contribution in [0.2, 0.25) is 0 Å². The number of hydrogen-bond donors (Lipinski definition) is 1. The van der Waals surface area contributed by atoms with Gasteiger partial charge in [-0.25, -0.2) is 4.39 Å². The SMILES string of the molecule is CCN(C(=O)c1ccc(O)cc1F)C1CCCCC1. The van der Waals surface area contributed by atoms with Gasteiger partial charge in [0.25, 0.3) is 5.91 Å². The van der Waals surface area contributed by atoms with Crippen LogP contribution in [0.5, 0.6) is 5.75 Å². The highest BCUT2D eigenvalue weighted by Crippen LogP contribution is 2.25. The lowest BCUT2D eigenvalue weighted by Crippen LogP contribution is -2.41. The highest BCUT2D eigenvalue weighted by Gasteiger charge is 2.26. The summed E-state index contributed by atoms with van der Waals surface area (Å²) in [6, 6.07) is 3.92. The number of rotatable bonds is 3. The van der Waals surface area contributed by atoms with Gasteiger partial charge in [0.1, 0.15) is 11.6 Å². The molecule has 1 aliphatic rings. The first-order valence-corrected chi connectivity index (χ1v) is 6.93. The third kappa shape index (κ3) is 3.06. The number of hydrogen-bond acceptors (Lipinski definition) is 2. The number of phenols is 1. The first-order valence-electron chi connectivity index (χ1n) is 6.93. The van der Waals surface area contributed by atoms with Crippen LogP contribution in [0, 0.1) is 5.82 Å². The van der Waals surface area contributed by atoms with Gasteiger partial charge in [-0.15, -0.1) is 0 Å². The van der Waals surface area contributed by atoms with E-state index in [1.54, 1.807) is 4.90 Å². The molecule has 1 aromatic rings. The predicted octanol–water partition coefficient (Wildman–Crippen LogP) is 3.33. The van der Waals surface area contributed by atoms with E-state index < -0.39 is 5.82 Å². The fourth-order valence-electron chi connectivity index (χ4n) is 2.79. The van der Waals surface area contributed by atoms with Crippen molar-refractivity contribution in [2.45, 2.75) is 45.1 Å². The number of carbonyl (C=O) groups excluding carboxylic acids is 1. The summed E-state index contributed by atoms with van der Waals surface area (Å²) in [5, 5.41) is 9.20. The number of benzene rings is 1. The molecule has 0 aliphatic heterocycles. The summed E-state index contributed by atoms with van der Waals surface area (Å²) >= 11 is 0. The second-order valence-electron chi connectivity index (χ2n) is 5.05. The maximum Gasteiger partial charge on any atom is 0.257 e. The van der Waals surface area contributed by atoms with E-state index in [9.17, 15) is 14.3 Å². The molecule has 0 heterocycles. The Labute approximate surface area is 113 Å². The number of carbonyl (C=O) groups is 1. The lowest BCUT2D eigenvalue weighted by molar-refractivity contribution is 0.0643. The first kappa shape index (κ1) is 13.8. The summed E-state index contributed by atoms with van der Waals surface area (Å²) in [6.07, 6.45) is 5.48.